The van der Waals surface area contributed by atoms with E-state index in [-0.39, 0.29) is 5.75 Å². The summed E-state index contributed by atoms with van der Waals surface area (Å²) in [6.45, 7) is 0. The molecule has 0 spiro atoms. The van der Waals surface area contributed by atoms with Crippen molar-refractivity contribution in [3.63, 3.8) is 0 Å². The molecule has 1 fully saturated rings. The molecule has 0 amide bonds. The number of benzene rings is 1. The Morgan fingerprint density at radius 3 is 2.47 bits per heavy atom. The average molecular weight is 280 g/mol. The summed E-state index contributed by atoms with van der Waals surface area (Å²) in [5.41, 5.74) is -0.188. The van der Waals surface area contributed by atoms with Gasteiger partial charge in [-0.3, -0.25) is 4.79 Å². The van der Waals surface area contributed by atoms with E-state index < -0.39 is 27.1 Å². The summed E-state index contributed by atoms with van der Waals surface area (Å²) in [6.07, 6.45) is 2.89. The smallest absolute Gasteiger partial charge is 0.310 e. The summed E-state index contributed by atoms with van der Waals surface area (Å²) >= 11 is 0. The van der Waals surface area contributed by atoms with Crippen LogP contribution in [0.15, 0.2) is 29.2 Å². The third-order valence-electron chi connectivity index (χ3n) is 4.60. The monoisotopic (exact) mass is 280 g/mol. The van der Waals surface area contributed by atoms with E-state index in [1.807, 2.05) is 0 Å². The van der Waals surface area contributed by atoms with Crippen molar-refractivity contribution in [1.82, 2.24) is 0 Å². The molecular weight excluding hydrogens is 264 g/mol. The topological polar surface area (TPSA) is 71.4 Å². The second kappa shape index (κ2) is 4.07. The Kier molecular flexibility index (Phi) is 2.71. The number of carbonyl (C=O) groups is 1. The summed E-state index contributed by atoms with van der Waals surface area (Å²) < 4.78 is 24.4. The molecule has 1 aliphatic heterocycles. The number of rotatable bonds is 2. The van der Waals surface area contributed by atoms with Gasteiger partial charge in [-0.15, -0.1) is 0 Å². The minimum Gasteiger partial charge on any atom is -0.481 e. The SMILES string of the molecule is O=C(O)C1(C2CS(=O)(=O)c3ccccc32)CCCC1. The van der Waals surface area contributed by atoms with Crippen LogP contribution in [0.4, 0.5) is 0 Å². The zero-order valence-electron chi connectivity index (χ0n) is 10.5. The predicted molar refractivity (Wildman–Crippen MR) is 69.8 cm³/mol. The maximum Gasteiger partial charge on any atom is 0.310 e. The van der Waals surface area contributed by atoms with Gasteiger partial charge in [0.1, 0.15) is 0 Å². The summed E-state index contributed by atoms with van der Waals surface area (Å²) in [5, 5.41) is 9.63. The Morgan fingerprint density at radius 2 is 1.84 bits per heavy atom. The van der Waals surface area contributed by atoms with Gasteiger partial charge in [0.05, 0.1) is 16.1 Å². The first-order chi connectivity index (χ1) is 8.97. The van der Waals surface area contributed by atoms with Gasteiger partial charge in [0.2, 0.25) is 0 Å². The molecule has 3 rings (SSSR count). The third-order valence-corrected chi connectivity index (χ3v) is 6.42. The molecule has 4 nitrogen and oxygen atoms in total. The fourth-order valence-corrected chi connectivity index (χ4v) is 5.60. The molecule has 1 aliphatic carbocycles. The number of fused-ring (bicyclic) bond motifs is 1. The maximum absolute atomic E-state index is 12.2. The molecule has 0 aromatic heterocycles. The Morgan fingerprint density at radius 1 is 1.21 bits per heavy atom. The van der Waals surface area contributed by atoms with Gasteiger partial charge in [-0.05, 0) is 24.5 Å². The highest BCUT2D eigenvalue weighted by atomic mass is 32.2. The van der Waals surface area contributed by atoms with Gasteiger partial charge < -0.3 is 5.11 Å². The van der Waals surface area contributed by atoms with Crippen molar-refractivity contribution in [2.75, 3.05) is 5.75 Å². The molecule has 1 aromatic rings. The molecule has 1 aromatic carbocycles. The van der Waals surface area contributed by atoms with E-state index in [0.29, 0.717) is 23.3 Å². The molecule has 1 saturated carbocycles. The van der Waals surface area contributed by atoms with E-state index in [0.717, 1.165) is 12.8 Å². The van der Waals surface area contributed by atoms with Gasteiger partial charge in [0.25, 0.3) is 0 Å². The van der Waals surface area contributed by atoms with Crippen molar-refractivity contribution >= 4 is 15.8 Å². The van der Waals surface area contributed by atoms with Crippen LogP contribution in [0, 0.1) is 5.41 Å². The largest absolute Gasteiger partial charge is 0.481 e. The van der Waals surface area contributed by atoms with Crippen LogP contribution in [-0.4, -0.2) is 25.2 Å². The molecular formula is C14H16O4S. The molecule has 19 heavy (non-hydrogen) atoms. The van der Waals surface area contributed by atoms with Crippen LogP contribution in [0.25, 0.3) is 0 Å². The molecule has 2 aliphatic rings. The van der Waals surface area contributed by atoms with Gasteiger partial charge in [-0.25, -0.2) is 8.42 Å². The van der Waals surface area contributed by atoms with Crippen LogP contribution >= 0.6 is 0 Å². The molecule has 0 bridgehead atoms. The highest BCUT2D eigenvalue weighted by Gasteiger charge is 2.53. The van der Waals surface area contributed by atoms with Crippen LogP contribution in [0.1, 0.15) is 37.2 Å². The lowest BCUT2D eigenvalue weighted by Gasteiger charge is -2.30. The second-order valence-corrected chi connectivity index (χ2v) is 7.54. The van der Waals surface area contributed by atoms with E-state index in [1.54, 1.807) is 24.3 Å². The fraction of sp³-hybridized carbons (Fsp3) is 0.500. The minimum absolute atomic E-state index is 0.0569. The maximum atomic E-state index is 12.2. The number of hydrogen-bond donors (Lipinski definition) is 1. The van der Waals surface area contributed by atoms with Crippen LogP contribution in [0.3, 0.4) is 0 Å². The predicted octanol–water partition coefficient (Wildman–Crippen LogP) is 2.20. The molecule has 5 heteroatoms. The molecule has 102 valence electrons. The lowest BCUT2D eigenvalue weighted by molar-refractivity contribution is -0.149. The van der Waals surface area contributed by atoms with E-state index >= 15 is 0 Å². The Hall–Kier alpha value is -1.36. The number of carboxylic acids is 1. The Labute approximate surface area is 112 Å². The Balaban J connectivity index is 2.16. The Bertz CT molecular complexity index is 627. The molecule has 1 atom stereocenters. The van der Waals surface area contributed by atoms with Gasteiger partial charge >= 0.3 is 5.97 Å². The molecule has 1 unspecified atom stereocenters. The standard InChI is InChI=1S/C14H16O4S/c15-13(16)14(7-3-4-8-14)11-9-19(17,18)12-6-2-1-5-10(11)12/h1-2,5-6,11H,3-4,7-9H2,(H,15,16). The summed E-state index contributed by atoms with van der Waals surface area (Å²) in [6, 6.07) is 6.85. The van der Waals surface area contributed by atoms with Crippen molar-refractivity contribution in [1.29, 1.82) is 0 Å². The first-order valence-electron chi connectivity index (χ1n) is 6.52. The molecule has 1 N–H and O–H groups in total. The van der Waals surface area contributed by atoms with Crippen LogP contribution in [-0.2, 0) is 14.6 Å². The van der Waals surface area contributed by atoms with Gasteiger partial charge in [0.15, 0.2) is 9.84 Å². The summed E-state index contributed by atoms with van der Waals surface area (Å²) in [7, 11) is -3.33. The average Bonchev–Trinajstić information content (AvgIpc) is 2.95. The first kappa shape index (κ1) is 12.7. The quantitative estimate of drug-likeness (QED) is 0.901. The third kappa shape index (κ3) is 1.71. The number of hydrogen-bond acceptors (Lipinski definition) is 3. The lowest BCUT2D eigenvalue weighted by atomic mass is 9.71. The van der Waals surface area contributed by atoms with Crippen LogP contribution in [0.2, 0.25) is 0 Å². The highest BCUT2D eigenvalue weighted by molar-refractivity contribution is 7.91. The highest BCUT2D eigenvalue weighted by Crippen LogP contribution is 2.53. The van der Waals surface area contributed by atoms with Crippen molar-refractivity contribution in [2.45, 2.75) is 36.5 Å². The fourth-order valence-electron chi connectivity index (χ4n) is 3.63. The normalized spacial score (nSPS) is 27.1. The summed E-state index contributed by atoms with van der Waals surface area (Å²) in [4.78, 5) is 12.1. The minimum atomic E-state index is -3.33. The molecule has 1 heterocycles. The van der Waals surface area contributed by atoms with E-state index in [4.69, 9.17) is 0 Å². The number of aliphatic carboxylic acids is 1. The summed E-state index contributed by atoms with van der Waals surface area (Å²) in [5.74, 6) is -1.30. The number of sulfone groups is 1. The van der Waals surface area contributed by atoms with Crippen molar-refractivity contribution in [2.24, 2.45) is 5.41 Å². The van der Waals surface area contributed by atoms with E-state index in [1.165, 1.54) is 0 Å². The van der Waals surface area contributed by atoms with Gasteiger partial charge in [-0.1, -0.05) is 31.0 Å². The number of carboxylic acid groups (broad SMARTS) is 1. The van der Waals surface area contributed by atoms with Gasteiger partial charge in [0, 0.05) is 5.92 Å². The zero-order chi connectivity index (χ0) is 13.7. The second-order valence-electron chi connectivity index (χ2n) is 5.54. The van der Waals surface area contributed by atoms with E-state index in [9.17, 15) is 18.3 Å². The van der Waals surface area contributed by atoms with Crippen molar-refractivity contribution in [3.8, 4) is 0 Å². The van der Waals surface area contributed by atoms with E-state index in [2.05, 4.69) is 0 Å². The first-order valence-corrected chi connectivity index (χ1v) is 8.18. The van der Waals surface area contributed by atoms with Crippen LogP contribution < -0.4 is 0 Å². The van der Waals surface area contributed by atoms with Crippen LogP contribution in [0.5, 0.6) is 0 Å². The van der Waals surface area contributed by atoms with Crippen molar-refractivity contribution < 1.29 is 18.3 Å². The zero-order valence-corrected chi connectivity index (χ0v) is 11.3. The van der Waals surface area contributed by atoms with Crippen molar-refractivity contribution in [3.05, 3.63) is 29.8 Å². The molecule has 0 saturated heterocycles. The lowest BCUT2D eigenvalue weighted by Crippen LogP contribution is -2.35. The van der Waals surface area contributed by atoms with Gasteiger partial charge in [-0.2, -0.15) is 0 Å². The molecule has 0 radical (unpaired) electrons.